The number of likely N-dealkylation sites (tertiary alicyclic amines) is 1. The maximum Gasteiger partial charge on any atom is 0.289 e. The van der Waals surface area contributed by atoms with Crippen LogP contribution in [0.5, 0.6) is 5.75 Å². The quantitative estimate of drug-likeness (QED) is 0.913. The summed E-state index contributed by atoms with van der Waals surface area (Å²) in [6, 6.07) is 9.47. The normalized spacial score (nSPS) is 16.8. The number of carbonyl (C=O) groups is 2. The van der Waals surface area contributed by atoms with Crippen molar-refractivity contribution in [2.75, 3.05) is 19.7 Å². The van der Waals surface area contributed by atoms with Crippen LogP contribution in [-0.4, -0.2) is 42.5 Å². The number of furan rings is 1. The molecule has 6 nitrogen and oxygen atoms in total. The van der Waals surface area contributed by atoms with Crippen LogP contribution < -0.4 is 10.1 Å². The highest BCUT2D eigenvalue weighted by atomic mass is 16.5. The average molecular weight is 354 g/mol. The Labute approximate surface area is 152 Å². The van der Waals surface area contributed by atoms with Gasteiger partial charge >= 0.3 is 0 Å². The first-order valence-corrected chi connectivity index (χ1v) is 9.06. The fourth-order valence-electron chi connectivity index (χ4n) is 3.60. The van der Waals surface area contributed by atoms with Gasteiger partial charge in [-0.1, -0.05) is 12.1 Å². The van der Waals surface area contributed by atoms with Crippen LogP contribution in [0.15, 0.2) is 41.0 Å². The van der Waals surface area contributed by atoms with Gasteiger partial charge in [0.1, 0.15) is 5.75 Å². The number of ether oxygens (including phenoxy) is 1. The summed E-state index contributed by atoms with van der Waals surface area (Å²) in [5, 5.41) is 3.10. The number of carbonyl (C=O) groups excluding carboxylic acids is 2. The smallest absolute Gasteiger partial charge is 0.289 e. The minimum atomic E-state index is -0.0832. The molecule has 3 heterocycles. The van der Waals surface area contributed by atoms with Gasteiger partial charge in [-0.2, -0.15) is 0 Å². The second kappa shape index (κ2) is 7.23. The second-order valence-electron chi connectivity index (χ2n) is 6.83. The number of nitrogens with one attached hydrogen (secondary N) is 1. The molecule has 2 aliphatic heterocycles. The van der Waals surface area contributed by atoms with E-state index in [9.17, 15) is 9.59 Å². The topological polar surface area (TPSA) is 71.8 Å². The van der Waals surface area contributed by atoms with Gasteiger partial charge in [-0.25, -0.2) is 0 Å². The molecule has 2 amide bonds. The molecule has 1 fully saturated rings. The van der Waals surface area contributed by atoms with E-state index in [1.54, 1.807) is 17.0 Å². The summed E-state index contributed by atoms with van der Waals surface area (Å²) < 4.78 is 10.7. The molecule has 4 rings (SSSR count). The number of hydrogen-bond donors (Lipinski definition) is 1. The van der Waals surface area contributed by atoms with Crippen LogP contribution in [0.4, 0.5) is 0 Å². The lowest BCUT2D eigenvalue weighted by molar-refractivity contribution is -0.121. The molecular formula is C20H22N2O4. The summed E-state index contributed by atoms with van der Waals surface area (Å²) in [5.74, 6) is 1.25. The lowest BCUT2D eigenvalue weighted by atomic mass is 10.0. The lowest BCUT2D eigenvalue weighted by Crippen LogP contribution is -2.46. The van der Waals surface area contributed by atoms with Crippen molar-refractivity contribution < 1.29 is 18.7 Å². The fraction of sp³-hybridized carbons (Fsp3) is 0.400. The predicted molar refractivity (Wildman–Crippen MR) is 95.1 cm³/mol. The van der Waals surface area contributed by atoms with Gasteiger partial charge in [-0.15, -0.1) is 0 Å². The van der Waals surface area contributed by atoms with E-state index in [0.29, 0.717) is 25.3 Å². The number of fused-ring (bicyclic) bond motifs is 1. The van der Waals surface area contributed by atoms with Crippen molar-refractivity contribution >= 4 is 11.8 Å². The predicted octanol–water partition coefficient (Wildman–Crippen LogP) is 2.18. The average Bonchev–Trinajstić information content (AvgIpc) is 3.33. The fourth-order valence-corrected chi connectivity index (χ4v) is 3.60. The number of benzene rings is 1. The van der Waals surface area contributed by atoms with E-state index in [-0.39, 0.29) is 17.9 Å². The molecule has 136 valence electrons. The molecule has 0 radical (unpaired) electrons. The van der Waals surface area contributed by atoms with Gasteiger partial charge in [0, 0.05) is 25.6 Å². The minimum Gasteiger partial charge on any atom is -0.493 e. The van der Waals surface area contributed by atoms with Crippen molar-refractivity contribution in [3.05, 3.63) is 53.5 Å². The zero-order valence-corrected chi connectivity index (χ0v) is 14.6. The minimum absolute atomic E-state index is 0.0275. The summed E-state index contributed by atoms with van der Waals surface area (Å²) in [6.07, 6.45) is 4.31. The van der Waals surface area contributed by atoms with Gasteiger partial charge in [-0.3, -0.25) is 9.59 Å². The van der Waals surface area contributed by atoms with E-state index >= 15 is 0 Å². The molecule has 26 heavy (non-hydrogen) atoms. The molecule has 1 saturated heterocycles. The highest BCUT2D eigenvalue weighted by Crippen LogP contribution is 2.26. The molecule has 0 saturated carbocycles. The van der Waals surface area contributed by atoms with Gasteiger partial charge in [-0.05, 0) is 42.2 Å². The number of hydrogen-bond acceptors (Lipinski definition) is 4. The van der Waals surface area contributed by atoms with Gasteiger partial charge in [0.25, 0.3) is 5.91 Å². The summed E-state index contributed by atoms with van der Waals surface area (Å²) >= 11 is 0. The SMILES string of the molecule is O=C(Cc1ccc2c(c1)CCO2)NC1CCN(C(=O)c2ccco2)CC1. The number of piperidine rings is 1. The van der Waals surface area contributed by atoms with Crippen molar-refractivity contribution in [2.45, 2.75) is 31.7 Å². The molecule has 2 aliphatic rings. The van der Waals surface area contributed by atoms with E-state index in [0.717, 1.165) is 37.2 Å². The molecule has 6 heteroatoms. The van der Waals surface area contributed by atoms with Crippen LogP contribution in [0, 0.1) is 0 Å². The van der Waals surface area contributed by atoms with E-state index < -0.39 is 0 Å². The molecule has 0 aliphatic carbocycles. The van der Waals surface area contributed by atoms with Gasteiger partial charge in [0.15, 0.2) is 5.76 Å². The maximum atomic E-state index is 12.3. The third-order valence-electron chi connectivity index (χ3n) is 5.00. The van der Waals surface area contributed by atoms with Crippen molar-refractivity contribution in [1.82, 2.24) is 10.2 Å². The summed E-state index contributed by atoms with van der Waals surface area (Å²) in [5.41, 5.74) is 2.19. The highest BCUT2D eigenvalue weighted by Gasteiger charge is 2.25. The summed E-state index contributed by atoms with van der Waals surface area (Å²) in [4.78, 5) is 26.4. The number of nitrogens with zero attached hydrogens (tertiary/aromatic N) is 1. The molecule has 0 atom stereocenters. The monoisotopic (exact) mass is 354 g/mol. The van der Waals surface area contributed by atoms with E-state index in [2.05, 4.69) is 11.4 Å². The summed E-state index contributed by atoms with van der Waals surface area (Å²) in [6.45, 7) is 1.97. The Morgan fingerprint density at radius 1 is 1.19 bits per heavy atom. The Bertz CT molecular complexity index is 792. The Morgan fingerprint density at radius 3 is 2.81 bits per heavy atom. The number of amides is 2. The summed E-state index contributed by atoms with van der Waals surface area (Å²) in [7, 11) is 0. The van der Waals surface area contributed by atoms with Crippen LogP contribution in [0.25, 0.3) is 0 Å². The van der Waals surface area contributed by atoms with Crippen molar-refractivity contribution in [3.63, 3.8) is 0 Å². The molecule has 1 aromatic carbocycles. The van der Waals surface area contributed by atoms with Crippen molar-refractivity contribution in [3.8, 4) is 5.75 Å². The molecule has 0 spiro atoms. The van der Waals surface area contributed by atoms with Crippen LogP contribution in [0.3, 0.4) is 0 Å². The first-order chi connectivity index (χ1) is 12.7. The Morgan fingerprint density at radius 2 is 2.04 bits per heavy atom. The molecule has 1 N–H and O–H groups in total. The molecule has 1 aromatic heterocycles. The first kappa shape index (κ1) is 16.7. The van der Waals surface area contributed by atoms with Crippen molar-refractivity contribution in [2.24, 2.45) is 0 Å². The van der Waals surface area contributed by atoms with Crippen LogP contribution in [0.1, 0.15) is 34.5 Å². The molecule has 0 bridgehead atoms. The molecule has 0 unspecified atom stereocenters. The van der Waals surface area contributed by atoms with E-state index in [1.165, 1.54) is 11.8 Å². The number of rotatable bonds is 4. The Kier molecular flexibility index (Phi) is 4.65. The lowest BCUT2D eigenvalue weighted by Gasteiger charge is -2.31. The van der Waals surface area contributed by atoms with Crippen molar-refractivity contribution in [1.29, 1.82) is 0 Å². The van der Waals surface area contributed by atoms with Gasteiger partial charge < -0.3 is 19.4 Å². The van der Waals surface area contributed by atoms with E-state index in [1.807, 2.05) is 12.1 Å². The standard InChI is InChI=1S/C20H22N2O4/c23-19(13-14-3-4-17-15(12-14)7-11-26-17)21-16-5-8-22(9-6-16)20(24)18-2-1-10-25-18/h1-4,10,12,16H,5-9,11,13H2,(H,21,23). The molecule has 2 aromatic rings. The zero-order valence-electron chi connectivity index (χ0n) is 14.6. The highest BCUT2D eigenvalue weighted by molar-refractivity contribution is 5.91. The van der Waals surface area contributed by atoms with Gasteiger partial charge in [0.05, 0.1) is 19.3 Å². The largest absolute Gasteiger partial charge is 0.493 e. The van der Waals surface area contributed by atoms with Crippen LogP contribution >= 0.6 is 0 Å². The van der Waals surface area contributed by atoms with Crippen LogP contribution in [0.2, 0.25) is 0 Å². The van der Waals surface area contributed by atoms with E-state index in [4.69, 9.17) is 9.15 Å². The third-order valence-corrected chi connectivity index (χ3v) is 5.00. The maximum absolute atomic E-state index is 12.3. The Balaban J connectivity index is 1.26. The second-order valence-corrected chi connectivity index (χ2v) is 6.83. The van der Waals surface area contributed by atoms with Gasteiger partial charge in [0.2, 0.25) is 5.91 Å². The molecular weight excluding hydrogens is 332 g/mol. The third kappa shape index (κ3) is 3.59. The Hall–Kier alpha value is -2.76. The van der Waals surface area contributed by atoms with Crippen LogP contribution in [-0.2, 0) is 17.6 Å². The zero-order chi connectivity index (χ0) is 17.9. The first-order valence-electron chi connectivity index (χ1n) is 9.06.